The second-order valence-electron chi connectivity index (χ2n) is 6.28. The molecule has 1 saturated carbocycles. The quantitative estimate of drug-likeness (QED) is 0.470. The van der Waals surface area contributed by atoms with E-state index in [4.69, 9.17) is 9.47 Å². The zero-order valence-corrected chi connectivity index (χ0v) is 13.7. The average Bonchev–Trinajstić information content (AvgIpc) is 2.80. The van der Waals surface area contributed by atoms with Gasteiger partial charge in [0.1, 0.15) is 6.10 Å². The van der Waals surface area contributed by atoms with Gasteiger partial charge < -0.3 is 9.47 Å². The Morgan fingerprint density at radius 1 is 1.20 bits per heavy atom. The molecule has 0 bridgehead atoms. The lowest BCUT2D eigenvalue weighted by Gasteiger charge is -2.24. The maximum atomic E-state index is 11.3. The lowest BCUT2D eigenvalue weighted by Crippen LogP contribution is -2.22. The summed E-state index contributed by atoms with van der Waals surface area (Å²) in [6.45, 7) is 6.85. The minimum absolute atomic E-state index is 0.0808. The molecule has 0 N–H and O–H groups in total. The highest BCUT2D eigenvalue weighted by atomic mass is 16.5. The van der Waals surface area contributed by atoms with Gasteiger partial charge in [-0.15, -0.1) is 0 Å². The second kappa shape index (κ2) is 9.38. The van der Waals surface area contributed by atoms with Crippen molar-refractivity contribution in [3.8, 4) is 0 Å². The predicted octanol–water partition coefficient (Wildman–Crippen LogP) is 4.20. The lowest BCUT2D eigenvalue weighted by atomic mass is 9.88. The van der Waals surface area contributed by atoms with Crippen molar-refractivity contribution in [3.05, 3.63) is 0 Å². The summed E-state index contributed by atoms with van der Waals surface area (Å²) in [5, 5.41) is 0. The molecule has 1 fully saturated rings. The zero-order chi connectivity index (χ0) is 15.0. The predicted molar refractivity (Wildman–Crippen MR) is 81.6 cm³/mol. The Balaban J connectivity index is 2.51. The highest BCUT2D eigenvalue weighted by Gasteiger charge is 2.34. The molecule has 0 aliphatic heterocycles. The van der Waals surface area contributed by atoms with Crippen molar-refractivity contribution in [2.75, 3.05) is 13.7 Å². The number of methoxy groups -OCH3 is 1. The minimum Gasteiger partial charge on any atom is -0.463 e. The van der Waals surface area contributed by atoms with Crippen LogP contribution in [0, 0.1) is 17.8 Å². The van der Waals surface area contributed by atoms with Crippen LogP contribution in [0.2, 0.25) is 0 Å². The van der Waals surface area contributed by atoms with E-state index in [-0.39, 0.29) is 12.1 Å². The first-order chi connectivity index (χ1) is 9.60. The van der Waals surface area contributed by atoms with E-state index in [2.05, 4.69) is 13.8 Å². The van der Waals surface area contributed by atoms with Gasteiger partial charge in [0.15, 0.2) is 0 Å². The van der Waals surface area contributed by atoms with Gasteiger partial charge >= 0.3 is 5.97 Å². The summed E-state index contributed by atoms with van der Waals surface area (Å²) in [6.07, 6.45) is 8.24. The van der Waals surface area contributed by atoms with Gasteiger partial charge in [-0.2, -0.15) is 0 Å². The normalized spacial score (nSPS) is 27.5. The summed E-state index contributed by atoms with van der Waals surface area (Å²) in [6, 6.07) is 0. The van der Waals surface area contributed by atoms with Gasteiger partial charge in [-0.1, -0.05) is 26.7 Å². The molecule has 3 heteroatoms. The maximum absolute atomic E-state index is 11.3. The monoisotopic (exact) mass is 284 g/mol. The van der Waals surface area contributed by atoms with Crippen molar-refractivity contribution in [3.63, 3.8) is 0 Å². The van der Waals surface area contributed by atoms with Gasteiger partial charge in [-0.3, -0.25) is 4.79 Å². The van der Waals surface area contributed by atoms with Crippen LogP contribution in [0.5, 0.6) is 0 Å². The molecule has 3 nitrogen and oxygen atoms in total. The highest BCUT2D eigenvalue weighted by molar-refractivity contribution is 5.66. The summed E-state index contributed by atoms with van der Waals surface area (Å²) in [4.78, 5) is 11.3. The Kier molecular flexibility index (Phi) is 8.20. The van der Waals surface area contributed by atoms with Crippen LogP contribution in [0.15, 0.2) is 0 Å². The van der Waals surface area contributed by atoms with Crippen LogP contribution >= 0.6 is 0 Å². The highest BCUT2D eigenvalue weighted by Crippen LogP contribution is 2.42. The number of rotatable bonds is 9. The molecule has 4 atom stereocenters. The standard InChI is InChI=1S/C17H32O3/c1-5-14-10-15(6-2)16(11-14)12-17(20-13(3)18)8-7-9-19-4/h14-17H,5-12H2,1-4H3. The van der Waals surface area contributed by atoms with Gasteiger partial charge in [0, 0.05) is 20.6 Å². The van der Waals surface area contributed by atoms with Crippen LogP contribution in [0.4, 0.5) is 0 Å². The van der Waals surface area contributed by atoms with Crippen LogP contribution in [0.3, 0.4) is 0 Å². The van der Waals surface area contributed by atoms with Crippen molar-refractivity contribution in [1.82, 2.24) is 0 Å². The SMILES string of the molecule is CCC1CC(CC)C(CC(CCCOC)OC(C)=O)C1. The molecule has 0 aromatic rings. The number of carbonyl (C=O) groups is 1. The first-order valence-electron chi connectivity index (χ1n) is 8.26. The molecule has 1 rings (SSSR count). The summed E-state index contributed by atoms with van der Waals surface area (Å²) in [7, 11) is 1.72. The number of hydrogen-bond donors (Lipinski definition) is 0. The van der Waals surface area contributed by atoms with Crippen LogP contribution in [0.1, 0.15) is 65.7 Å². The molecule has 1 aliphatic rings. The van der Waals surface area contributed by atoms with E-state index in [0.29, 0.717) is 0 Å². The van der Waals surface area contributed by atoms with Crippen LogP contribution in [-0.4, -0.2) is 25.8 Å². The molecular weight excluding hydrogens is 252 g/mol. The number of hydrogen-bond acceptors (Lipinski definition) is 3. The molecule has 1 aliphatic carbocycles. The van der Waals surface area contributed by atoms with E-state index >= 15 is 0 Å². The molecule has 0 radical (unpaired) electrons. The largest absolute Gasteiger partial charge is 0.463 e. The molecule has 0 aromatic heterocycles. The van der Waals surface area contributed by atoms with Crippen molar-refractivity contribution in [2.24, 2.45) is 17.8 Å². The van der Waals surface area contributed by atoms with Gasteiger partial charge in [-0.05, 0) is 49.9 Å². The van der Waals surface area contributed by atoms with E-state index in [0.717, 1.165) is 43.6 Å². The fourth-order valence-electron chi connectivity index (χ4n) is 3.71. The van der Waals surface area contributed by atoms with Gasteiger partial charge in [0.05, 0.1) is 0 Å². The molecule has 0 aromatic carbocycles. The van der Waals surface area contributed by atoms with E-state index < -0.39 is 0 Å². The fourth-order valence-corrected chi connectivity index (χ4v) is 3.71. The molecule has 20 heavy (non-hydrogen) atoms. The van der Waals surface area contributed by atoms with Crippen molar-refractivity contribution >= 4 is 5.97 Å². The Hall–Kier alpha value is -0.570. The van der Waals surface area contributed by atoms with Crippen LogP contribution in [0.25, 0.3) is 0 Å². The van der Waals surface area contributed by atoms with Gasteiger partial charge in [-0.25, -0.2) is 0 Å². The van der Waals surface area contributed by atoms with E-state index in [1.54, 1.807) is 7.11 Å². The third-order valence-electron chi connectivity index (χ3n) is 4.81. The molecule has 0 amide bonds. The molecule has 4 unspecified atom stereocenters. The smallest absolute Gasteiger partial charge is 0.302 e. The fraction of sp³-hybridized carbons (Fsp3) is 0.941. The third kappa shape index (κ3) is 5.82. The molecule has 0 spiro atoms. The topological polar surface area (TPSA) is 35.5 Å². The maximum Gasteiger partial charge on any atom is 0.302 e. The van der Waals surface area contributed by atoms with Gasteiger partial charge in [0.2, 0.25) is 0 Å². The minimum atomic E-state index is -0.148. The second-order valence-corrected chi connectivity index (χ2v) is 6.28. The van der Waals surface area contributed by atoms with Gasteiger partial charge in [0.25, 0.3) is 0 Å². The number of ether oxygens (including phenoxy) is 2. The van der Waals surface area contributed by atoms with Crippen LogP contribution < -0.4 is 0 Å². The first-order valence-corrected chi connectivity index (χ1v) is 8.26. The molecule has 118 valence electrons. The Labute approximate surface area is 124 Å². The summed E-state index contributed by atoms with van der Waals surface area (Å²) >= 11 is 0. The first kappa shape index (κ1) is 17.5. The Bertz CT molecular complexity index is 277. The molecule has 0 saturated heterocycles. The van der Waals surface area contributed by atoms with E-state index in [9.17, 15) is 4.79 Å². The summed E-state index contributed by atoms with van der Waals surface area (Å²) in [5.74, 6) is 2.28. The molecular formula is C17H32O3. The summed E-state index contributed by atoms with van der Waals surface area (Å²) < 4.78 is 10.6. The number of carbonyl (C=O) groups excluding carboxylic acids is 1. The molecule has 0 heterocycles. The number of esters is 1. The lowest BCUT2D eigenvalue weighted by molar-refractivity contribution is -0.147. The van der Waals surface area contributed by atoms with E-state index in [1.165, 1.54) is 32.6 Å². The zero-order valence-electron chi connectivity index (χ0n) is 13.7. The average molecular weight is 284 g/mol. The van der Waals surface area contributed by atoms with Crippen molar-refractivity contribution in [2.45, 2.75) is 71.8 Å². The van der Waals surface area contributed by atoms with Crippen molar-refractivity contribution in [1.29, 1.82) is 0 Å². The third-order valence-corrected chi connectivity index (χ3v) is 4.81. The van der Waals surface area contributed by atoms with Crippen molar-refractivity contribution < 1.29 is 14.3 Å². The van der Waals surface area contributed by atoms with E-state index in [1.807, 2.05) is 0 Å². The van der Waals surface area contributed by atoms with Crippen LogP contribution in [-0.2, 0) is 14.3 Å². The summed E-state index contributed by atoms with van der Waals surface area (Å²) in [5.41, 5.74) is 0. The Morgan fingerprint density at radius 3 is 2.45 bits per heavy atom. The Morgan fingerprint density at radius 2 is 1.90 bits per heavy atom.